The van der Waals surface area contributed by atoms with Crippen LogP contribution in [0.25, 0.3) is 5.69 Å². The molecule has 3 heterocycles. The lowest BCUT2D eigenvalue weighted by Gasteiger charge is -2.23. The fourth-order valence-electron chi connectivity index (χ4n) is 3.22. The molecule has 4 rings (SSSR count). The van der Waals surface area contributed by atoms with Crippen LogP contribution in [0.4, 0.5) is 5.69 Å². The monoisotopic (exact) mass is 328 g/mol. The Bertz CT molecular complexity index is 795. The molecule has 0 aromatic carbocycles. The number of carbonyl (C=O) groups is 1. The highest BCUT2D eigenvalue weighted by molar-refractivity contribution is 5.87. The molecule has 2 fully saturated rings. The van der Waals surface area contributed by atoms with Crippen molar-refractivity contribution >= 4 is 11.7 Å². The molecule has 1 aliphatic heterocycles. The van der Waals surface area contributed by atoms with Gasteiger partial charge in [0.25, 0.3) is 0 Å². The molecule has 24 heavy (non-hydrogen) atoms. The molecule has 2 aromatic heterocycles. The van der Waals surface area contributed by atoms with E-state index in [-0.39, 0.29) is 5.69 Å². The lowest BCUT2D eigenvalue weighted by atomic mass is 10.1. The van der Waals surface area contributed by atoms with Gasteiger partial charge < -0.3 is 19.7 Å². The fourth-order valence-corrected chi connectivity index (χ4v) is 3.22. The zero-order chi connectivity index (χ0) is 16.9. The average Bonchev–Trinajstić information content (AvgIpc) is 3.16. The number of carboxylic acid groups (broad SMARTS) is 1. The summed E-state index contributed by atoms with van der Waals surface area (Å²) in [5.41, 5.74) is 1.86. The maximum atomic E-state index is 11.3. The smallest absolute Gasteiger partial charge is 0.354 e. The van der Waals surface area contributed by atoms with Crippen molar-refractivity contribution in [2.24, 2.45) is 0 Å². The maximum Gasteiger partial charge on any atom is 0.354 e. The molecule has 7 heteroatoms. The van der Waals surface area contributed by atoms with E-state index in [2.05, 4.69) is 9.97 Å². The quantitative estimate of drug-likeness (QED) is 0.889. The normalized spacial score (nSPS) is 23.7. The third-order valence-corrected chi connectivity index (χ3v) is 4.75. The van der Waals surface area contributed by atoms with Crippen molar-refractivity contribution in [2.75, 3.05) is 18.0 Å². The highest BCUT2D eigenvalue weighted by Crippen LogP contribution is 2.39. The van der Waals surface area contributed by atoms with Gasteiger partial charge in [0.1, 0.15) is 5.69 Å². The van der Waals surface area contributed by atoms with Crippen LogP contribution in [0.5, 0.6) is 0 Å². The topological polar surface area (TPSA) is 91.5 Å². The largest absolute Gasteiger partial charge is 0.477 e. The van der Waals surface area contributed by atoms with Crippen molar-refractivity contribution in [1.29, 1.82) is 0 Å². The average molecular weight is 328 g/mol. The molecular formula is C17H20N4O3. The Morgan fingerprint density at radius 3 is 2.75 bits per heavy atom. The van der Waals surface area contributed by atoms with E-state index < -0.39 is 11.6 Å². The molecule has 1 saturated heterocycles. The number of aromatic nitrogens is 3. The van der Waals surface area contributed by atoms with Gasteiger partial charge in [0.2, 0.25) is 0 Å². The van der Waals surface area contributed by atoms with Gasteiger partial charge in [-0.1, -0.05) is 0 Å². The third-order valence-electron chi connectivity index (χ3n) is 4.75. The lowest BCUT2D eigenvalue weighted by molar-refractivity contribution is 0.0690. The fraction of sp³-hybridized carbons (Fsp3) is 0.471. The molecule has 2 aliphatic rings. The van der Waals surface area contributed by atoms with Crippen LogP contribution in [0, 0.1) is 0 Å². The first kappa shape index (κ1) is 15.1. The zero-order valence-electron chi connectivity index (χ0n) is 13.5. The van der Waals surface area contributed by atoms with Crippen molar-refractivity contribution in [2.45, 2.75) is 37.7 Å². The van der Waals surface area contributed by atoms with Gasteiger partial charge in [-0.2, -0.15) is 0 Å². The minimum atomic E-state index is -1.06. The Morgan fingerprint density at radius 2 is 2.12 bits per heavy atom. The van der Waals surface area contributed by atoms with Crippen LogP contribution in [-0.2, 0) is 0 Å². The van der Waals surface area contributed by atoms with Crippen molar-refractivity contribution < 1.29 is 15.0 Å². The second kappa shape index (κ2) is 5.31. The Morgan fingerprint density at radius 1 is 1.33 bits per heavy atom. The van der Waals surface area contributed by atoms with E-state index in [9.17, 15) is 15.0 Å². The predicted octanol–water partition coefficient (Wildman–Crippen LogP) is 1.80. The van der Waals surface area contributed by atoms with E-state index in [1.165, 1.54) is 0 Å². The third kappa shape index (κ3) is 2.75. The van der Waals surface area contributed by atoms with Crippen LogP contribution in [-0.4, -0.2) is 49.4 Å². The summed E-state index contributed by atoms with van der Waals surface area (Å²) < 4.78 is 1.87. The number of rotatable bonds is 4. The molecule has 1 unspecified atom stereocenters. The number of hydrogen-bond acceptors (Lipinski definition) is 5. The van der Waals surface area contributed by atoms with Crippen molar-refractivity contribution in [3.8, 4) is 5.69 Å². The van der Waals surface area contributed by atoms with Crippen molar-refractivity contribution in [3.05, 3.63) is 36.2 Å². The first-order chi connectivity index (χ1) is 11.4. The van der Waals surface area contributed by atoms with Crippen LogP contribution in [0.3, 0.4) is 0 Å². The van der Waals surface area contributed by atoms with Crippen molar-refractivity contribution in [1.82, 2.24) is 14.5 Å². The number of imidazole rings is 1. The summed E-state index contributed by atoms with van der Waals surface area (Å²) in [6, 6.07) is 1.57. The standard InChI is InChI=1S/C17H20N4O3/c1-17(24)4-5-20(9-17)15-7-18-12(16(22)23)6-14(15)21-8-13(19-10-21)11-2-3-11/h6-8,10-11,24H,2-5,9H2,1H3,(H,22,23). The molecule has 0 spiro atoms. The van der Waals surface area contributed by atoms with Gasteiger partial charge in [-0.3, -0.25) is 0 Å². The zero-order valence-corrected chi connectivity index (χ0v) is 13.5. The molecule has 7 nitrogen and oxygen atoms in total. The van der Waals surface area contributed by atoms with Crippen LogP contribution in [0.2, 0.25) is 0 Å². The lowest BCUT2D eigenvalue weighted by Crippen LogP contribution is -2.30. The molecular weight excluding hydrogens is 308 g/mol. The van der Waals surface area contributed by atoms with Gasteiger partial charge in [-0.05, 0) is 32.3 Å². The first-order valence-corrected chi connectivity index (χ1v) is 8.18. The van der Waals surface area contributed by atoms with E-state index in [0.717, 1.165) is 29.9 Å². The highest BCUT2D eigenvalue weighted by Gasteiger charge is 2.33. The van der Waals surface area contributed by atoms with Gasteiger partial charge in [-0.15, -0.1) is 0 Å². The Kier molecular flexibility index (Phi) is 3.35. The summed E-state index contributed by atoms with van der Waals surface area (Å²) in [5, 5.41) is 19.5. The van der Waals surface area contributed by atoms with Crippen LogP contribution in [0.1, 0.15) is 48.3 Å². The highest BCUT2D eigenvalue weighted by atomic mass is 16.4. The number of hydrogen-bond donors (Lipinski definition) is 2. The maximum absolute atomic E-state index is 11.3. The van der Waals surface area contributed by atoms with Gasteiger partial charge in [0.15, 0.2) is 0 Å². The molecule has 0 amide bonds. The number of aliphatic hydroxyl groups is 1. The van der Waals surface area contributed by atoms with Crippen molar-refractivity contribution in [3.63, 3.8) is 0 Å². The molecule has 0 bridgehead atoms. The number of β-amino-alcohol motifs (C(OH)–C–C–N with tert-alkyl or cyclic N) is 1. The summed E-state index contributed by atoms with van der Waals surface area (Å²) in [4.78, 5) is 21.9. The van der Waals surface area contributed by atoms with E-state index in [0.29, 0.717) is 25.4 Å². The summed E-state index contributed by atoms with van der Waals surface area (Å²) in [6.07, 6.45) is 8.27. The minimum absolute atomic E-state index is 0.00128. The predicted molar refractivity (Wildman–Crippen MR) is 87.7 cm³/mol. The molecule has 126 valence electrons. The Labute approximate surface area is 139 Å². The summed E-state index contributed by atoms with van der Waals surface area (Å²) >= 11 is 0. The molecule has 1 saturated carbocycles. The molecule has 2 N–H and O–H groups in total. The second-order valence-corrected chi connectivity index (χ2v) is 7.01. The number of aromatic carboxylic acids is 1. The molecule has 1 atom stereocenters. The van der Waals surface area contributed by atoms with Gasteiger partial charge in [-0.25, -0.2) is 14.8 Å². The summed E-state index contributed by atoms with van der Waals surface area (Å²) in [7, 11) is 0. The first-order valence-electron chi connectivity index (χ1n) is 8.18. The summed E-state index contributed by atoms with van der Waals surface area (Å²) in [5.74, 6) is -0.526. The van der Waals surface area contributed by atoms with Crippen LogP contribution in [0.15, 0.2) is 24.8 Å². The van der Waals surface area contributed by atoms with Gasteiger partial charge in [0.05, 0.1) is 35.2 Å². The van der Waals surface area contributed by atoms with E-state index in [4.69, 9.17) is 0 Å². The van der Waals surface area contributed by atoms with Gasteiger partial charge >= 0.3 is 5.97 Å². The number of carboxylic acids is 1. The number of nitrogens with zero attached hydrogens (tertiary/aromatic N) is 4. The van der Waals surface area contributed by atoms with Gasteiger partial charge in [0, 0.05) is 25.2 Å². The van der Waals surface area contributed by atoms with Crippen LogP contribution >= 0.6 is 0 Å². The minimum Gasteiger partial charge on any atom is -0.477 e. The second-order valence-electron chi connectivity index (χ2n) is 7.01. The van der Waals surface area contributed by atoms with E-state index in [1.807, 2.05) is 22.6 Å². The number of pyridine rings is 1. The van der Waals surface area contributed by atoms with E-state index >= 15 is 0 Å². The number of anilines is 1. The molecule has 0 radical (unpaired) electrons. The van der Waals surface area contributed by atoms with Crippen LogP contribution < -0.4 is 4.90 Å². The van der Waals surface area contributed by atoms with E-state index in [1.54, 1.807) is 18.6 Å². The Hall–Kier alpha value is -2.41. The Balaban J connectivity index is 1.76. The molecule has 1 aliphatic carbocycles. The summed E-state index contributed by atoms with van der Waals surface area (Å²) in [6.45, 7) is 3.02. The SMILES string of the molecule is CC1(O)CCN(c2cnc(C(=O)O)cc2-n2cnc(C3CC3)c2)C1. The molecule has 2 aromatic rings.